The summed E-state index contributed by atoms with van der Waals surface area (Å²) in [6.45, 7) is 3.95. The highest BCUT2D eigenvalue weighted by molar-refractivity contribution is 5.97. The lowest BCUT2D eigenvalue weighted by molar-refractivity contribution is 0.0819. The average molecular weight is 494 g/mol. The van der Waals surface area contributed by atoms with Gasteiger partial charge in [-0.15, -0.1) is 0 Å². The number of nitrogens with one attached hydrogen (secondary N) is 2. The molecule has 1 aromatic carbocycles. The summed E-state index contributed by atoms with van der Waals surface area (Å²) >= 11 is 0. The van der Waals surface area contributed by atoms with Crippen molar-refractivity contribution >= 4 is 23.0 Å². The Labute approximate surface area is 207 Å². The highest BCUT2D eigenvalue weighted by Crippen LogP contribution is 2.64. The minimum Gasteiger partial charge on any atom is -0.504 e. The van der Waals surface area contributed by atoms with Crippen molar-refractivity contribution in [3.63, 3.8) is 0 Å². The smallest absolute Gasteiger partial charge is 0.275 e. The fourth-order valence-corrected chi connectivity index (χ4v) is 5.56. The molecule has 2 aliphatic rings. The average Bonchev–Trinajstić information content (AvgIpc) is 3.46. The van der Waals surface area contributed by atoms with E-state index < -0.39 is 34.5 Å². The molecule has 0 aliphatic heterocycles. The van der Waals surface area contributed by atoms with Gasteiger partial charge in [-0.25, -0.2) is 9.97 Å². The van der Waals surface area contributed by atoms with E-state index in [1.165, 1.54) is 43.7 Å². The van der Waals surface area contributed by atoms with Gasteiger partial charge in [-0.05, 0) is 61.1 Å². The van der Waals surface area contributed by atoms with Gasteiger partial charge in [0.1, 0.15) is 11.4 Å². The molecule has 3 atom stereocenters. The van der Waals surface area contributed by atoms with E-state index in [4.69, 9.17) is 0 Å². The van der Waals surface area contributed by atoms with Crippen molar-refractivity contribution in [1.29, 1.82) is 0 Å². The second-order valence-corrected chi connectivity index (χ2v) is 10.5. The maximum Gasteiger partial charge on any atom is 0.275 e. The Morgan fingerprint density at radius 3 is 2.50 bits per heavy atom. The van der Waals surface area contributed by atoms with Gasteiger partial charge >= 0.3 is 0 Å². The lowest BCUT2D eigenvalue weighted by Crippen LogP contribution is -2.41. The molecule has 2 fully saturated rings. The predicted molar refractivity (Wildman–Crippen MR) is 133 cm³/mol. The maximum atomic E-state index is 14.2. The number of aromatic hydroxyl groups is 1. The van der Waals surface area contributed by atoms with Gasteiger partial charge < -0.3 is 20.6 Å². The number of pyridine rings is 2. The quantitative estimate of drug-likeness (QED) is 0.338. The number of hydrogen-bond donors (Lipinski definition) is 3. The van der Waals surface area contributed by atoms with Gasteiger partial charge in [0.15, 0.2) is 11.4 Å². The molecular weight excluding hydrogens is 465 g/mol. The monoisotopic (exact) mass is 493 g/mol. The number of rotatable bonds is 7. The molecule has 0 spiro atoms. The zero-order chi connectivity index (χ0) is 25.9. The van der Waals surface area contributed by atoms with Crippen molar-refractivity contribution in [3.05, 3.63) is 67.7 Å². The zero-order valence-electron chi connectivity index (χ0n) is 20.6. The second kappa shape index (κ2) is 8.39. The molecule has 3 N–H and O–H groups in total. The van der Waals surface area contributed by atoms with Crippen LogP contribution in [0.25, 0.3) is 0 Å². The summed E-state index contributed by atoms with van der Waals surface area (Å²) in [5.41, 5.74) is -0.572. The van der Waals surface area contributed by atoms with Gasteiger partial charge in [0.25, 0.3) is 16.8 Å². The third kappa shape index (κ3) is 3.90. The maximum absolute atomic E-state index is 14.2. The zero-order valence-corrected chi connectivity index (χ0v) is 20.6. The summed E-state index contributed by atoms with van der Waals surface area (Å²) in [5, 5.41) is 16.7. The van der Waals surface area contributed by atoms with Crippen LogP contribution in [0.2, 0.25) is 0 Å². The lowest BCUT2D eigenvalue weighted by atomic mass is 9.75. The molecular formula is C26H28FN5O4. The third-order valence-electron chi connectivity index (χ3n) is 7.59. The number of carbonyl (C=O) groups is 1. The highest BCUT2D eigenvalue weighted by Gasteiger charge is 2.55. The van der Waals surface area contributed by atoms with Crippen molar-refractivity contribution in [2.24, 2.45) is 17.3 Å². The number of halogens is 1. The molecule has 3 aromatic rings. The molecule has 36 heavy (non-hydrogen) atoms. The minimum absolute atomic E-state index is 0.0319. The first-order valence-corrected chi connectivity index (χ1v) is 11.9. The van der Waals surface area contributed by atoms with Crippen molar-refractivity contribution in [3.8, 4) is 5.75 Å². The Balaban J connectivity index is 1.51. The number of carbonyl (C=O) groups excluding carboxylic acids is 1. The van der Waals surface area contributed by atoms with Crippen LogP contribution >= 0.6 is 0 Å². The fraction of sp³-hybridized carbons (Fsp3) is 0.423. The first kappa shape index (κ1) is 23.9. The first-order chi connectivity index (χ1) is 17.0. The molecule has 2 aromatic heterocycles. The van der Waals surface area contributed by atoms with Crippen molar-refractivity contribution in [1.82, 2.24) is 14.9 Å². The van der Waals surface area contributed by atoms with Gasteiger partial charge in [0.05, 0.1) is 17.4 Å². The van der Waals surface area contributed by atoms with E-state index in [0.29, 0.717) is 17.5 Å². The van der Waals surface area contributed by atoms with E-state index in [2.05, 4.69) is 27.5 Å². The van der Waals surface area contributed by atoms with Crippen LogP contribution in [0.3, 0.4) is 0 Å². The Morgan fingerprint density at radius 1 is 1.17 bits per heavy atom. The number of aromatic nitrogens is 2. The molecule has 0 bridgehead atoms. The summed E-state index contributed by atoms with van der Waals surface area (Å²) < 4.78 is 14.2. The Bertz CT molecular complexity index is 1440. The lowest BCUT2D eigenvalue weighted by Gasteiger charge is -2.37. The highest BCUT2D eigenvalue weighted by atomic mass is 19.1. The van der Waals surface area contributed by atoms with E-state index in [-0.39, 0.29) is 28.2 Å². The van der Waals surface area contributed by atoms with Gasteiger partial charge in [0, 0.05) is 20.3 Å². The summed E-state index contributed by atoms with van der Waals surface area (Å²) in [6.07, 6.45) is 4.32. The van der Waals surface area contributed by atoms with Crippen LogP contribution in [0.15, 0.2) is 34.0 Å². The Morgan fingerprint density at radius 2 is 1.83 bits per heavy atom. The van der Waals surface area contributed by atoms with E-state index in [9.17, 15) is 23.9 Å². The number of anilines is 3. The molecule has 10 heteroatoms. The molecule has 0 saturated heterocycles. The number of hydrogen-bond acceptors (Lipinski definition) is 8. The Kier molecular flexibility index (Phi) is 5.57. The van der Waals surface area contributed by atoms with E-state index in [0.717, 1.165) is 18.4 Å². The molecule has 188 valence electrons. The molecule has 3 unspecified atom stereocenters. The van der Waals surface area contributed by atoms with Crippen LogP contribution in [0.5, 0.6) is 5.75 Å². The third-order valence-corrected chi connectivity index (χ3v) is 7.59. The van der Waals surface area contributed by atoms with Gasteiger partial charge in [-0.2, -0.15) is 4.39 Å². The number of nitrogens with zero attached hydrogens (tertiary/aromatic N) is 3. The topological polar surface area (TPSA) is 125 Å². The molecule has 9 nitrogen and oxygen atoms in total. The van der Waals surface area contributed by atoms with Crippen LogP contribution in [0, 0.1) is 30.1 Å². The molecule has 5 rings (SSSR count). The molecule has 2 heterocycles. The van der Waals surface area contributed by atoms with Crippen molar-refractivity contribution in [2.45, 2.75) is 39.2 Å². The van der Waals surface area contributed by atoms with E-state index in [1.807, 2.05) is 6.92 Å². The number of aryl methyl sites for hydroxylation is 1. The number of fused-ring (bicyclic) bond motifs is 1. The number of amides is 1. The minimum atomic E-state index is -0.753. The summed E-state index contributed by atoms with van der Waals surface area (Å²) in [4.78, 5) is 46.9. The van der Waals surface area contributed by atoms with Crippen molar-refractivity contribution < 1.29 is 14.3 Å². The van der Waals surface area contributed by atoms with Crippen LogP contribution < -0.4 is 21.5 Å². The fourth-order valence-electron chi connectivity index (χ4n) is 5.56. The summed E-state index contributed by atoms with van der Waals surface area (Å²) in [5.74, 6) is -0.339. The molecule has 1 amide bonds. The Hall–Kier alpha value is -3.82. The van der Waals surface area contributed by atoms with Gasteiger partial charge in [0.2, 0.25) is 5.95 Å². The van der Waals surface area contributed by atoms with Crippen molar-refractivity contribution in [2.75, 3.05) is 24.7 Å². The molecule has 2 saturated carbocycles. The first-order valence-electron chi connectivity index (χ1n) is 11.9. The largest absolute Gasteiger partial charge is 0.504 e. The summed E-state index contributed by atoms with van der Waals surface area (Å²) in [6, 6.07) is 3.87. The summed E-state index contributed by atoms with van der Waals surface area (Å²) in [7, 11) is 3.05. The normalized spacial score (nSPS) is 23.2. The van der Waals surface area contributed by atoms with E-state index in [1.54, 1.807) is 6.07 Å². The standard InChI is InChI=1S/C26H28FN5O4/c1-12-5-6-16(27)30-17(12)24(26(2)10-13-9-14(13)11-26)31-19-18(22(34)23(19)35)29-15-7-8-28-20(21(15)33)25(36)32(3)4/h5-8,13-14,24,31,33H,9-11H2,1-4H3,(H,28,29). The van der Waals surface area contributed by atoms with Gasteiger partial charge in [-0.1, -0.05) is 13.0 Å². The second-order valence-electron chi connectivity index (χ2n) is 10.5. The van der Waals surface area contributed by atoms with E-state index >= 15 is 0 Å². The van der Waals surface area contributed by atoms with Crippen LogP contribution in [-0.2, 0) is 0 Å². The molecule has 0 radical (unpaired) electrons. The van der Waals surface area contributed by atoms with Gasteiger partial charge in [-0.3, -0.25) is 14.4 Å². The molecule has 2 aliphatic carbocycles. The van der Waals surface area contributed by atoms with Crippen LogP contribution in [-0.4, -0.2) is 40.0 Å². The van der Waals surface area contributed by atoms with Crippen LogP contribution in [0.1, 0.15) is 54.0 Å². The van der Waals surface area contributed by atoms with Crippen LogP contribution in [0.4, 0.5) is 21.5 Å². The SMILES string of the molecule is Cc1ccc(F)nc1C(Nc1c(Nc2ccnc(C(=O)N(C)C)c2O)c(=O)c1=O)C1(C)CC2CC2C1. The predicted octanol–water partition coefficient (Wildman–Crippen LogP) is 3.26.